The second-order valence-electron chi connectivity index (χ2n) is 6.89. The largest absolute Gasteiger partial charge is 0.381 e. The minimum atomic E-state index is 0.381. The van der Waals surface area contributed by atoms with E-state index in [9.17, 15) is 0 Å². The van der Waals surface area contributed by atoms with Crippen molar-refractivity contribution in [2.75, 3.05) is 39.4 Å². The molecule has 3 rings (SSSR count). The number of likely N-dealkylation sites (tertiary alicyclic amines) is 1. The van der Waals surface area contributed by atoms with Crippen LogP contribution in [0.3, 0.4) is 0 Å². The first-order chi connectivity index (χ1) is 11.2. The number of hydrogen-bond acceptors (Lipinski definition) is 2. The van der Waals surface area contributed by atoms with Crippen LogP contribution in [-0.4, -0.2) is 50.3 Å². The van der Waals surface area contributed by atoms with E-state index in [1.807, 2.05) is 0 Å². The third kappa shape index (κ3) is 3.86. The average molecular weight is 315 g/mol. The molecule has 126 valence electrons. The van der Waals surface area contributed by atoms with Crippen LogP contribution in [0.4, 0.5) is 0 Å². The minimum absolute atomic E-state index is 0.381. The molecule has 0 saturated carbocycles. The molecule has 2 saturated heterocycles. The molecule has 2 fully saturated rings. The molecule has 4 nitrogen and oxygen atoms in total. The number of nitrogens with one attached hydrogen (secondary N) is 1. The Labute approximate surface area is 139 Å². The van der Waals surface area contributed by atoms with Crippen molar-refractivity contribution in [1.82, 2.24) is 10.2 Å². The number of rotatable bonds is 4. The van der Waals surface area contributed by atoms with Gasteiger partial charge in [-0.2, -0.15) is 0 Å². The van der Waals surface area contributed by atoms with Crippen LogP contribution < -0.4 is 5.32 Å². The van der Waals surface area contributed by atoms with E-state index < -0.39 is 0 Å². The maximum absolute atomic E-state index is 5.64. The minimum Gasteiger partial charge on any atom is -0.381 e. The number of nitrogens with zero attached hydrogens (tertiary/aromatic N) is 2. The van der Waals surface area contributed by atoms with Crippen molar-refractivity contribution in [3.05, 3.63) is 35.4 Å². The number of guanidine groups is 1. The molecule has 2 aliphatic heterocycles. The molecule has 0 amide bonds. The zero-order valence-electron chi connectivity index (χ0n) is 14.5. The molecule has 4 heteroatoms. The second-order valence-corrected chi connectivity index (χ2v) is 6.89. The molecule has 1 atom stereocenters. The molecule has 2 aliphatic rings. The molecule has 1 unspecified atom stereocenters. The zero-order valence-corrected chi connectivity index (χ0v) is 14.5. The second kappa shape index (κ2) is 7.35. The van der Waals surface area contributed by atoms with Gasteiger partial charge in [0.2, 0.25) is 0 Å². The molecule has 0 aliphatic carbocycles. The van der Waals surface area contributed by atoms with Crippen molar-refractivity contribution in [2.45, 2.75) is 33.1 Å². The number of hydrogen-bond donors (Lipinski definition) is 1. The predicted molar refractivity (Wildman–Crippen MR) is 94.9 cm³/mol. The van der Waals surface area contributed by atoms with Crippen molar-refractivity contribution in [3.63, 3.8) is 0 Å². The summed E-state index contributed by atoms with van der Waals surface area (Å²) in [5.41, 5.74) is 3.14. The van der Waals surface area contributed by atoms with Crippen LogP contribution >= 0.6 is 0 Å². The molecular weight excluding hydrogens is 286 g/mol. The SMILES string of the molecule is CCNC(=NCCc1ccccc1C)N1CCC2(CCOC2)C1. The molecule has 0 bridgehead atoms. The number of aryl methyl sites for hydroxylation is 1. The van der Waals surface area contributed by atoms with Crippen LogP contribution in [0.2, 0.25) is 0 Å². The van der Waals surface area contributed by atoms with Gasteiger partial charge in [0.1, 0.15) is 0 Å². The van der Waals surface area contributed by atoms with E-state index in [2.05, 4.69) is 48.3 Å². The highest BCUT2D eigenvalue weighted by Gasteiger charge is 2.42. The van der Waals surface area contributed by atoms with E-state index in [1.54, 1.807) is 0 Å². The Kier molecular flexibility index (Phi) is 5.21. The summed E-state index contributed by atoms with van der Waals surface area (Å²) in [6.07, 6.45) is 3.44. The van der Waals surface area contributed by atoms with Gasteiger partial charge in [-0.3, -0.25) is 4.99 Å². The molecule has 1 spiro atoms. The Morgan fingerprint density at radius 2 is 2.22 bits per heavy atom. The highest BCUT2D eigenvalue weighted by Crippen LogP contribution is 2.38. The van der Waals surface area contributed by atoms with Gasteiger partial charge >= 0.3 is 0 Å². The maximum atomic E-state index is 5.64. The molecular formula is C19H29N3O. The summed E-state index contributed by atoms with van der Waals surface area (Å²) in [5.74, 6) is 1.07. The Balaban J connectivity index is 1.61. The van der Waals surface area contributed by atoms with Crippen molar-refractivity contribution >= 4 is 5.96 Å². The summed E-state index contributed by atoms with van der Waals surface area (Å²) in [5, 5.41) is 3.47. The van der Waals surface area contributed by atoms with Crippen LogP contribution in [0.25, 0.3) is 0 Å². The van der Waals surface area contributed by atoms with Gasteiger partial charge in [-0.1, -0.05) is 24.3 Å². The monoisotopic (exact) mass is 315 g/mol. The van der Waals surface area contributed by atoms with E-state index in [4.69, 9.17) is 9.73 Å². The third-order valence-corrected chi connectivity index (χ3v) is 5.16. The quantitative estimate of drug-likeness (QED) is 0.685. The van der Waals surface area contributed by atoms with E-state index in [0.29, 0.717) is 5.41 Å². The Bertz CT molecular complexity index is 549. The van der Waals surface area contributed by atoms with Gasteiger partial charge in [0.05, 0.1) is 6.61 Å². The summed E-state index contributed by atoms with van der Waals surface area (Å²) in [4.78, 5) is 7.30. The predicted octanol–water partition coefficient (Wildman–Crippen LogP) is 2.62. The smallest absolute Gasteiger partial charge is 0.193 e. The van der Waals surface area contributed by atoms with Gasteiger partial charge in [0.25, 0.3) is 0 Å². The van der Waals surface area contributed by atoms with Gasteiger partial charge in [-0.15, -0.1) is 0 Å². The Hall–Kier alpha value is -1.55. The molecule has 0 radical (unpaired) electrons. The van der Waals surface area contributed by atoms with Crippen LogP contribution in [0.15, 0.2) is 29.3 Å². The number of aliphatic imine (C=N–C) groups is 1. The first kappa shape index (κ1) is 16.3. The lowest BCUT2D eigenvalue weighted by Gasteiger charge is -2.25. The molecule has 1 aromatic rings. The first-order valence-corrected chi connectivity index (χ1v) is 8.88. The highest BCUT2D eigenvalue weighted by molar-refractivity contribution is 5.80. The summed E-state index contributed by atoms with van der Waals surface area (Å²) in [7, 11) is 0. The van der Waals surface area contributed by atoms with Crippen molar-refractivity contribution < 1.29 is 4.74 Å². The lowest BCUT2D eigenvalue weighted by molar-refractivity contribution is 0.156. The first-order valence-electron chi connectivity index (χ1n) is 8.88. The van der Waals surface area contributed by atoms with E-state index >= 15 is 0 Å². The van der Waals surface area contributed by atoms with Crippen LogP contribution in [0, 0.1) is 12.3 Å². The fourth-order valence-corrected chi connectivity index (χ4v) is 3.69. The molecule has 1 aromatic carbocycles. The van der Waals surface area contributed by atoms with E-state index in [1.165, 1.54) is 24.0 Å². The summed E-state index contributed by atoms with van der Waals surface area (Å²) in [6, 6.07) is 8.59. The number of ether oxygens (including phenoxy) is 1. The van der Waals surface area contributed by atoms with Gasteiger partial charge in [0, 0.05) is 38.2 Å². The van der Waals surface area contributed by atoms with Crippen molar-refractivity contribution in [2.24, 2.45) is 10.4 Å². The maximum Gasteiger partial charge on any atom is 0.193 e. The fourth-order valence-electron chi connectivity index (χ4n) is 3.69. The topological polar surface area (TPSA) is 36.9 Å². The van der Waals surface area contributed by atoms with Gasteiger partial charge in [-0.25, -0.2) is 0 Å². The average Bonchev–Trinajstić information content (AvgIpc) is 3.19. The lowest BCUT2D eigenvalue weighted by Crippen LogP contribution is -2.41. The number of benzene rings is 1. The van der Waals surface area contributed by atoms with Crippen molar-refractivity contribution in [1.29, 1.82) is 0 Å². The zero-order chi connectivity index (χ0) is 16.1. The van der Waals surface area contributed by atoms with Gasteiger partial charge in [-0.05, 0) is 44.2 Å². The molecule has 23 heavy (non-hydrogen) atoms. The van der Waals surface area contributed by atoms with Crippen LogP contribution in [0.5, 0.6) is 0 Å². The standard InChI is InChI=1S/C19H29N3O/c1-3-20-18(21-11-8-17-7-5-4-6-16(17)2)22-12-9-19(14-22)10-13-23-15-19/h4-7H,3,8-15H2,1-2H3,(H,20,21). The lowest BCUT2D eigenvalue weighted by atomic mass is 9.87. The summed E-state index contributed by atoms with van der Waals surface area (Å²) < 4.78 is 5.64. The molecule has 2 heterocycles. The van der Waals surface area contributed by atoms with E-state index in [-0.39, 0.29) is 0 Å². The highest BCUT2D eigenvalue weighted by atomic mass is 16.5. The Morgan fingerprint density at radius 3 is 2.96 bits per heavy atom. The van der Waals surface area contributed by atoms with Gasteiger partial charge < -0.3 is 15.0 Å². The summed E-state index contributed by atoms with van der Waals surface area (Å²) in [6.45, 7) is 10.1. The molecule has 0 aromatic heterocycles. The van der Waals surface area contributed by atoms with Crippen LogP contribution in [-0.2, 0) is 11.2 Å². The summed E-state index contributed by atoms with van der Waals surface area (Å²) >= 11 is 0. The van der Waals surface area contributed by atoms with E-state index in [0.717, 1.165) is 51.8 Å². The normalized spacial score (nSPS) is 24.6. The van der Waals surface area contributed by atoms with Gasteiger partial charge in [0.15, 0.2) is 5.96 Å². The third-order valence-electron chi connectivity index (χ3n) is 5.16. The van der Waals surface area contributed by atoms with Crippen LogP contribution in [0.1, 0.15) is 30.9 Å². The van der Waals surface area contributed by atoms with Crippen molar-refractivity contribution in [3.8, 4) is 0 Å². The fraction of sp³-hybridized carbons (Fsp3) is 0.632. The Morgan fingerprint density at radius 1 is 1.35 bits per heavy atom. The molecule has 1 N–H and O–H groups in total.